The minimum atomic E-state index is 0.634. The Bertz CT molecular complexity index is 361. The largest absolute Gasteiger partial charge is 0.332 e. The molecule has 0 radical (unpaired) electrons. The molecular formula is C14H23N3. The van der Waals surface area contributed by atoms with Gasteiger partial charge in [-0.1, -0.05) is 12.8 Å². The fourth-order valence-electron chi connectivity index (χ4n) is 3.07. The van der Waals surface area contributed by atoms with Crippen molar-refractivity contribution >= 4 is 0 Å². The Morgan fingerprint density at radius 2 is 2.12 bits per heavy atom. The Balaban J connectivity index is 1.72. The maximum absolute atomic E-state index is 4.39. The second-order valence-corrected chi connectivity index (χ2v) is 5.78. The zero-order chi connectivity index (χ0) is 11.7. The van der Waals surface area contributed by atoms with Crippen molar-refractivity contribution in [2.45, 2.75) is 51.0 Å². The van der Waals surface area contributed by atoms with Crippen LogP contribution in [0.1, 0.15) is 56.7 Å². The number of rotatable bonds is 4. The molecule has 0 aromatic carbocycles. The fraction of sp³-hybridized carbons (Fsp3) is 0.786. The lowest BCUT2D eigenvalue weighted by atomic mass is 9.94. The van der Waals surface area contributed by atoms with Gasteiger partial charge in [0.15, 0.2) is 0 Å². The van der Waals surface area contributed by atoms with E-state index in [0.29, 0.717) is 6.04 Å². The van der Waals surface area contributed by atoms with Gasteiger partial charge in [-0.05, 0) is 45.2 Å². The number of aromatic nitrogens is 2. The summed E-state index contributed by atoms with van der Waals surface area (Å²) in [5.41, 5.74) is 1.47. The first-order valence-corrected chi connectivity index (χ1v) is 7.07. The maximum atomic E-state index is 4.39. The van der Waals surface area contributed by atoms with Gasteiger partial charge in [-0.15, -0.1) is 0 Å². The molecule has 1 unspecified atom stereocenters. The summed E-state index contributed by atoms with van der Waals surface area (Å²) >= 11 is 0. The van der Waals surface area contributed by atoms with Crippen LogP contribution in [0.5, 0.6) is 0 Å². The highest BCUT2D eigenvalue weighted by atomic mass is 15.1. The summed E-state index contributed by atoms with van der Waals surface area (Å²) in [6, 6.07) is 0.634. The van der Waals surface area contributed by atoms with Crippen molar-refractivity contribution in [3.8, 4) is 0 Å². The Labute approximate surface area is 104 Å². The van der Waals surface area contributed by atoms with E-state index in [4.69, 9.17) is 0 Å². The van der Waals surface area contributed by atoms with Gasteiger partial charge in [-0.2, -0.15) is 0 Å². The van der Waals surface area contributed by atoms with E-state index in [-0.39, 0.29) is 0 Å². The quantitative estimate of drug-likeness (QED) is 0.866. The topological polar surface area (TPSA) is 29.9 Å². The van der Waals surface area contributed by atoms with E-state index in [1.165, 1.54) is 37.8 Å². The van der Waals surface area contributed by atoms with Gasteiger partial charge < -0.3 is 9.88 Å². The fourth-order valence-corrected chi connectivity index (χ4v) is 3.07. The SMILES string of the molecule is CC(CC1CC1)n1cncc1C1CCNCC1. The van der Waals surface area contributed by atoms with Crippen LogP contribution in [0.3, 0.4) is 0 Å². The predicted molar refractivity (Wildman–Crippen MR) is 69.1 cm³/mol. The Kier molecular flexibility index (Phi) is 3.19. The molecule has 1 aliphatic heterocycles. The van der Waals surface area contributed by atoms with Crippen LogP contribution in [-0.4, -0.2) is 22.6 Å². The van der Waals surface area contributed by atoms with Crippen molar-refractivity contribution in [3.63, 3.8) is 0 Å². The van der Waals surface area contributed by atoms with Crippen molar-refractivity contribution in [2.75, 3.05) is 13.1 Å². The number of hydrogen-bond acceptors (Lipinski definition) is 2. The minimum absolute atomic E-state index is 0.634. The Morgan fingerprint density at radius 1 is 1.35 bits per heavy atom. The molecule has 1 aromatic rings. The first-order chi connectivity index (χ1) is 8.34. The molecular weight excluding hydrogens is 210 g/mol. The molecule has 1 atom stereocenters. The number of hydrogen-bond donors (Lipinski definition) is 1. The number of piperidine rings is 1. The van der Waals surface area contributed by atoms with Crippen LogP contribution in [-0.2, 0) is 0 Å². The van der Waals surface area contributed by atoms with E-state index in [0.717, 1.165) is 24.9 Å². The monoisotopic (exact) mass is 233 g/mol. The van der Waals surface area contributed by atoms with E-state index in [1.807, 2.05) is 6.33 Å². The van der Waals surface area contributed by atoms with Gasteiger partial charge >= 0.3 is 0 Å². The van der Waals surface area contributed by atoms with Gasteiger partial charge in [-0.3, -0.25) is 0 Å². The average Bonchev–Trinajstić information content (AvgIpc) is 3.04. The molecule has 1 saturated heterocycles. The van der Waals surface area contributed by atoms with Crippen LogP contribution in [0.2, 0.25) is 0 Å². The van der Waals surface area contributed by atoms with Crippen LogP contribution >= 0.6 is 0 Å². The van der Waals surface area contributed by atoms with Crippen LogP contribution in [0, 0.1) is 5.92 Å². The maximum Gasteiger partial charge on any atom is 0.0950 e. The summed E-state index contributed by atoms with van der Waals surface area (Å²) in [6.07, 6.45) is 10.9. The summed E-state index contributed by atoms with van der Waals surface area (Å²) < 4.78 is 2.44. The number of imidazole rings is 1. The highest BCUT2D eigenvalue weighted by molar-refractivity contribution is 5.09. The zero-order valence-electron chi connectivity index (χ0n) is 10.7. The smallest absolute Gasteiger partial charge is 0.0950 e. The van der Waals surface area contributed by atoms with E-state index in [1.54, 1.807) is 0 Å². The van der Waals surface area contributed by atoms with Gasteiger partial charge in [0.2, 0.25) is 0 Å². The van der Waals surface area contributed by atoms with Crippen molar-refractivity contribution in [1.82, 2.24) is 14.9 Å². The van der Waals surface area contributed by atoms with E-state index >= 15 is 0 Å². The van der Waals surface area contributed by atoms with Crippen molar-refractivity contribution in [3.05, 3.63) is 18.2 Å². The molecule has 0 amide bonds. The molecule has 3 nitrogen and oxygen atoms in total. The Hall–Kier alpha value is -0.830. The lowest BCUT2D eigenvalue weighted by Crippen LogP contribution is -2.28. The molecule has 1 aliphatic carbocycles. The van der Waals surface area contributed by atoms with Crippen molar-refractivity contribution < 1.29 is 0 Å². The standard InChI is InChI=1S/C14H23N3/c1-11(8-12-2-3-12)17-10-16-9-14(17)13-4-6-15-7-5-13/h9-13,15H,2-8H2,1H3. The normalized spacial score (nSPS) is 23.8. The molecule has 1 N–H and O–H groups in total. The Morgan fingerprint density at radius 3 is 2.82 bits per heavy atom. The highest BCUT2D eigenvalue weighted by Crippen LogP contribution is 2.38. The van der Waals surface area contributed by atoms with Crippen LogP contribution < -0.4 is 5.32 Å². The van der Waals surface area contributed by atoms with Crippen LogP contribution in [0.25, 0.3) is 0 Å². The third-order valence-corrected chi connectivity index (χ3v) is 4.30. The molecule has 2 heterocycles. The van der Waals surface area contributed by atoms with Crippen LogP contribution in [0.4, 0.5) is 0 Å². The predicted octanol–water partition coefficient (Wildman–Crippen LogP) is 2.71. The second-order valence-electron chi connectivity index (χ2n) is 5.78. The summed E-state index contributed by atoms with van der Waals surface area (Å²) in [6.45, 7) is 4.67. The first kappa shape index (κ1) is 11.3. The van der Waals surface area contributed by atoms with Gasteiger partial charge in [0.05, 0.1) is 6.33 Å². The molecule has 1 aromatic heterocycles. The summed E-state index contributed by atoms with van der Waals surface area (Å²) in [5, 5.41) is 3.44. The van der Waals surface area contributed by atoms with Gasteiger partial charge in [0, 0.05) is 23.9 Å². The van der Waals surface area contributed by atoms with Gasteiger partial charge in [0.1, 0.15) is 0 Å². The number of nitrogens with one attached hydrogen (secondary N) is 1. The first-order valence-electron chi connectivity index (χ1n) is 7.07. The molecule has 2 aliphatic rings. The molecule has 0 bridgehead atoms. The minimum Gasteiger partial charge on any atom is -0.332 e. The van der Waals surface area contributed by atoms with E-state index in [2.05, 4.69) is 28.0 Å². The summed E-state index contributed by atoms with van der Waals surface area (Å²) in [4.78, 5) is 4.39. The lowest BCUT2D eigenvalue weighted by Gasteiger charge is -2.26. The second kappa shape index (κ2) is 4.81. The molecule has 1 saturated carbocycles. The van der Waals surface area contributed by atoms with Crippen molar-refractivity contribution in [1.29, 1.82) is 0 Å². The molecule has 94 valence electrons. The highest BCUT2D eigenvalue weighted by Gasteiger charge is 2.26. The van der Waals surface area contributed by atoms with E-state index < -0.39 is 0 Å². The third-order valence-electron chi connectivity index (χ3n) is 4.30. The molecule has 2 fully saturated rings. The van der Waals surface area contributed by atoms with Crippen LogP contribution in [0.15, 0.2) is 12.5 Å². The average molecular weight is 233 g/mol. The summed E-state index contributed by atoms with van der Waals surface area (Å²) in [5.74, 6) is 1.72. The van der Waals surface area contributed by atoms with E-state index in [9.17, 15) is 0 Å². The lowest BCUT2D eigenvalue weighted by molar-refractivity contribution is 0.406. The molecule has 0 spiro atoms. The molecule has 3 rings (SSSR count). The van der Waals surface area contributed by atoms with Gasteiger partial charge in [0.25, 0.3) is 0 Å². The zero-order valence-corrected chi connectivity index (χ0v) is 10.7. The summed E-state index contributed by atoms with van der Waals surface area (Å²) in [7, 11) is 0. The number of nitrogens with zero attached hydrogens (tertiary/aromatic N) is 2. The van der Waals surface area contributed by atoms with Gasteiger partial charge in [-0.25, -0.2) is 4.98 Å². The molecule has 17 heavy (non-hydrogen) atoms. The molecule has 3 heteroatoms. The third kappa shape index (κ3) is 2.54. The van der Waals surface area contributed by atoms with Crippen molar-refractivity contribution in [2.24, 2.45) is 5.92 Å².